The van der Waals surface area contributed by atoms with Gasteiger partial charge >= 0.3 is 11.9 Å². The van der Waals surface area contributed by atoms with E-state index in [2.05, 4.69) is 73.2 Å². The van der Waals surface area contributed by atoms with Crippen LogP contribution in [0.15, 0.2) is 60.7 Å². The Kier molecular flexibility index (Phi) is 7.95. The first-order valence-electron chi connectivity index (χ1n) is 11.0. The van der Waals surface area contributed by atoms with Crippen molar-refractivity contribution in [2.75, 3.05) is 26.7 Å². The summed E-state index contributed by atoms with van der Waals surface area (Å²) in [6, 6.07) is 17.9. The molecule has 0 saturated carbocycles. The van der Waals surface area contributed by atoms with E-state index in [1.165, 1.54) is 16.7 Å². The Morgan fingerprint density at radius 1 is 1.00 bits per heavy atom. The number of carboxylic acids is 2. The molecule has 1 aliphatic carbocycles. The lowest BCUT2D eigenvalue weighted by molar-refractivity contribution is -0.134. The molecule has 1 aliphatic heterocycles. The van der Waals surface area contributed by atoms with Crippen molar-refractivity contribution in [2.24, 2.45) is 0 Å². The molecule has 1 heterocycles. The molecule has 1 fully saturated rings. The number of hydrogen-bond donors (Lipinski definition) is 2. The van der Waals surface area contributed by atoms with Gasteiger partial charge in [0, 0.05) is 54.3 Å². The predicted molar refractivity (Wildman–Crippen MR) is 130 cm³/mol. The number of aliphatic carboxylic acids is 2. The zero-order valence-electron chi connectivity index (χ0n) is 19.2. The summed E-state index contributed by atoms with van der Waals surface area (Å²) in [5, 5.41) is 16.5. The number of likely N-dealkylation sites (N-methyl/N-ethyl adjacent to an activating group) is 1. The van der Waals surface area contributed by atoms with Crippen LogP contribution in [0.25, 0.3) is 0 Å². The average Bonchev–Trinajstić information content (AvgIpc) is 3.14. The molecule has 7 heteroatoms. The van der Waals surface area contributed by atoms with Gasteiger partial charge in [0.25, 0.3) is 0 Å². The van der Waals surface area contributed by atoms with Gasteiger partial charge in [0.2, 0.25) is 0 Å². The second-order valence-electron chi connectivity index (χ2n) is 9.20. The van der Waals surface area contributed by atoms with E-state index in [9.17, 15) is 9.59 Å². The van der Waals surface area contributed by atoms with Gasteiger partial charge in [-0.3, -0.25) is 9.80 Å². The number of rotatable bonds is 4. The maximum atomic E-state index is 9.55. The summed E-state index contributed by atoms with van der Waals surface area (Å²) in [5.41, 5.74) is 4.52. The minimum atomic E-state index is -1.26. The van der Waals surface area contributed by atoms with E-state index < -0.39 is 11.9 Å². The third-order valence-electron chi connectivity index (χ3n) is 6.60. The molecule has 0 unspecified atom stereocenters. The Morgan fingerprint density at radius 2 is 1.64 bits per heavy atom. The number of piperazine rings is 1. The molecule has 4 rings (SSSR count). The quantitative estimate of drug-likeness (QED) is 0.633. The van der Waals surface area contributed by atoms with Crippen LogP contribution < -0.4 is 0 Å². The molecule has 2 aromatic rings. The number of carbonyl (C=O) groups is 2. The molecule has 176 valence electrons. The van der Waals surface area contributed by atoms with Crippen molar-refractivity contribution in [1.29, 1.82) is 0 Å². The van der Waals surface area contributed by atoms with Crippen molar-refractivity contribution in [2.45, 2.75) is 37.8 Å². The summed E-state index contributed by atoms with van der Waals surface area (Å²) in [7, 11) is 2.24. The van der Waals surface area contributed by atoms with E-state index >= 15 is 0 Å². The third-order valence-corrected chi connectivity index (χ3v) is 6.83. The van der Waals surface area contributed by atoms with Gasteiger partial charge in [-0.05, 0) is 56.1 Å². The monoisotopic (exact) mass is 470 g/mol. The first kappa shape index (κ1) is 25.0. The van der Waals surface area contributed by atoms with Crippen molar-refractivity contribution < 1.29 is 19.8 Å². The van der Waals surface area contributed by atoms with Crippen molar-refractivity contribution in [3.8, 4) is 0 Å². The molecule has 0 aromatic heterocycles. The fraction of sp³-hybridized carbons (Fsp3) is 0.385. The molecule has 0 bridgehead atoms. The molecule has 6 nitrogen and oxygen atoms in total. The van der Waals surface area contributed by atoms with Crippen molar-refractivity contribution in [3.63, 3.8) is 0 Å². The average molecular weight is 471 g/mol. The second-order valence-corrected chi connectivity index (χ2v) is 9.64. The Hall–Kier alpha value is -2.67. The minimum absolute atomic E-state index is 0.210. The van der Waals surface area contributed by atoms with E-state index in [-0.39, 0.29) is 5.54 Å². The van der Waals surface area contributed by atoms with Crippen LogP contribution in [0.3, 0.4) is 0 Å². The first-order chi connectivity index (χ1) is 15.6. The molecular weight excluding hydrogens is 440 g/mol. The van der Waals surface area contributed by atoms with Gasteiger partial charge in [0.15, 0.2) is 0 Å². The van der Waals surface area contributed by atoms with E-state index in [1.807, 2.05) is 6.07 Å². The van der Waals surface area contributed by atoms with Crippen LogP contribution in [0.1, 0.15) is 48.9 Å². The van der Waals surface area contributed by atoms with Crippen LogP contribution in [0.5, 0.6) is 0 Å². The fourth-order valence-corrected chi connectivity index (χ4v) is 4.84. The third kappa shape index (κ3) is 6.22. The standard InChI is InChI=1S/C22H27ClN2.C4H4O4/c1-22(2)15-25(12-11-24(22)3)21-14-19(16-7-5-4-6-8-16)18-10-9-17(23)13-20(18)21;5-3(6)1-2-4(7)8/h4-10,13,19,21H,11-12,14-15H2,1-3H3;1-2H,(H,5,6)(H,7,8)/b;2-1+/t19-,21+;/m0./s1. The van der Waals surface area contributed by atoms with E-state index in [0.717, 1.165) is 31.1 Å². The summed E-state index contributed by atoms with van der Waals surface area (Å²) >= 11 is 6.37. The molecule has 2 aromatic carbocycles. The van der Waals surface area contributed by atoms with Crippen LogP contribution in [-0.2, 0) is 9.59 Å². The van der Waals surface area contributed by atoms with E-state index in [1.54, 1.807) is 0 Å². The number of fused-ring (bicyclic) bond motifs is 1. The normalized spacial score (nSPS) is 22.4. The lowest BCUT2D eigenvalue weighted by Crippen LogP contribution is -2.58. The van der Waals surface area contributed by atoms with E-state index in [0.29, 0.717) is 24.1 Å². The van der Waals surface area contributed by atoms with Gasteiger partial charge in [-0.15, -0.1) is 0 Å². The Labute approximate surface area is 200 Å². The van der Waals surface area contributed by atoms with Crippen LogP contribution in [0, 0.1) is 0 Å². The molecule has 0 spiro atoms. The molecule has 2 aliphatic rings. The summed E-state index contributed by atoms with van der Waals surface area (Å²) in [4.78, 5) is 24.3. The van der Waals surface area contributed by atoms with Gasteiger partial charge in [-0.1, -0.05) is 48.0 Å². The highest BCUT2D eigenvalue weighted by Crippen LogP contribution is 2.48. The summed E-state index contributed by atoms with van der Waals surface area (Å²) < 4.78 is 0. The summed E-state index contributed by atoms with van der Waals surface area (Å²) in [6.45, 7) is 8.04. The zero-order chi connectivity index (χ0) is 24.2. The second kappa shape index (κ2) is 10.5. The topological polar surface area (TPSA) is 81.1 Å². The summed E-state index contributed by atoms with van der Waals surface area (Å²) in [6.07, 6.45) is 2.27. The highest BCUT2D eigenvalue weighted by molar-refractivity contribution is 6.30. The highest BCUT2D eigenvalue weighted by atomic mass is 35.5. The van der Waals surface area contributed by atoms with Crippen molar-refractivity contribution in [3.05, 3.63) is 82.4 Å². The Morgan fingerprint density at radius 3 is 2.21 bits per heavy atom. The molecular formula is C26H31ClN2O4. The van der Waals surface area contributed by atoms with Crippen molar-refractivity contribution >= 4 is 23.5 Å². The molecule has 33 heavy (non-hydrogen) atoms. The Bertz CT molecular complexity index is 1010. The Balaban J connectivity index is 0.000000331. The van der Waals surface area contributed by atoms with Crippen LogP contribution in [0.2, 0.25) is 5.02 Å². The lowest BCUT2D eigenvalue weighted by Gasteiger charge is -2.47. The molecule has 2 atom stereocenters. The number of halogens is 1. The number of hydrogen-bond acceptors (Lipinski definition) is 4. The zero-order valence-corrected chi connectivity index (χ0v) is 20.0. The van der Waals surface area contributed by atoms with Gasteiger partial charge in [0.05, 0.1) is 0 Å². The minimum Gasteiger partial charge on any atom is -0.478 e. The van der Waals surface area contributed by atoms with Gasteiger partial charge < -0.3 is 10.2 Å². The van der Waals surface area contributed by atoms with Gasteiger partial charge in [-0.2, -0.15) is 0 Å². The van der Waals surface area contributed by atoms with Crippen molar-refractivity contribution in [1.82, 2.24) is 9.80 Å². The first-order valence-corrected chi connectivity index (χ1v) is 11.4. The smallest absolute Gasteiger partial charge is 0.328 e. The fourth-order valence-electron chi connectivity index (χ4n) is 4.66. The molecule has 1 saturated heterocycles. The van der Waals surface area contributed by atoms with Crippen LogP contribution in [0.4, 0.5) is 0 Å². The van der Waals surface area contributed by atoms with E-state index in [4.69, 9.17) is 21.8 Å². The summed E-state index contributed by atoms with van der Waals surface area (Å²) in [5.74, 6) is -2.04. The predicted octanol–water partition coefficient (Wildman–Crippen LogP) is 4.65. The number of nitrogens with zero attached hydrogens (tertiary/aromatic N) is 2. The van der Waals surface area contributed by atoms with Crippen LogP contribution >= 0.6 is 11.6 Å². The largest absolute Gasteiger partial charge is 0.478 e. The van der Waals surface area contributed by atoms with Gasteiger partial charge in [-0.25, -0.2) is 9.59 Å². The number of benzene rings is 2. The lowest BCUT2D eigenvalue weighted by atomic mass is 9.93. The molecule has 0 amide bonds. The number of carboxylic acid groups (broad SMARTS) is 2. The maximum absolute atomic E-state index is 9.55. The molecule has 2 N–H and O–H groups in total. The highest BCUT2D eigenvalue weighted by Gasteiger charge is 2.40. The SMILES string of the molecule is CN1CCN([C@@H]2C[C@@H](c3ccccc3)c3ccc(Cl)cc32)CC1(C)C.O=C(O)/C=C/C(=O)O. The van der Waals surface area contributed by atoms with Crippen LogP contribution in [-0.4, -0.2) is 64.2 Å². The maximum Gasteiger partial charge on any atom is 0.328 e. The van der Waals surface area contributed by atoms with Gasteiger partial charge in [0.1, 0.15) is 0 Å². The molecule has 0 radical (unpaired) electrons.